The first-order valence-corrected chi connectivity index (χ1v) is 6.65. The van der Waals surface area contributed by atoms with E-state index in [0.717, 1.165) is 19.3 Å². The molecule has 5 heteroatoms. The van der Waals surface area contributed by atoms with Gasteiger partial charge < -0.3 is 21.1 Å². The van der Waals surface area contributed by atoms with Crippen molar-refractivity contribution in [1.29, 1.82) is 0 Å². The third-order valence-corrected chi connectivity index (χ3v) is 3.63. The summed E-state index contributed by atoms with van der Waals surface area (Å²) in [5.41, 5.74) is 6.38. The van der Waals surface area contributed by atoms with Crippen molar-refractivity contribution in [2.75, 3.05) is 19.0 Å². The van der Waals surface area contributed by atoms with Gasteiger partial charge >= 0.3 is 6.03 Å². The first-order valence-electron chi connectivity index (χ1n) is 6.65. The number of hydrogen-bond donors (Lipinski definition) is 3. The van der Waals surface area contributed by atoms with E-state index >= 15 is 0 Å². The predicted octanol–water partition coefficient (Wildman–Crippen LogP) is 1.94. The molecule has 0 heterocycles. The summed E-state index contributed by atoms with van der Waals surface area (Å²) in [5, 5.41) is 5.81. The van der Waals surface area contributed by atoms with Crippen LogP contribution in [-0.4, -0.2) is 25.7 Å². The predicted molar refractivity (Wildman–Crippen MR) is 75.3 cm³/mol. The fraction of sp³-hybridized carbons (Fsp3) is 0.500. The van der Waals surface area contributed by atoms with Crippen LogP contribution in [0.15, 0.2) is 24.3 Å². The van der Waals surface area contributed by atoms with E-state index in [1.54, 1.807) is 7.11 Å². The molecule has 1 saturated carbocycles. The highest BCUT2D eigenvalue weighted by Gasteiger charge is 2.27. The summed E-state index contributed by atoms with van der Waals surface area (Å²) in [4.78, 5) is 12.0. The Morgan fingerprint density at radius 1 is 1.42 bits per heavy atom. The number of rotatable bonds is 4. The zero-order valence-corrected chi connectivity index (χ0v) is 11.2. The molecule has 0 bridgehead atoms. The van der Waals surface area contributed by atoms with Gasteiger partial charge in [-0.1, -0.05) is 18.6 Å². The average molecular weight is 263 g/mol. The molecular weight excluding hydrogens is 242 g/mol. The van der Waals surface area contributed by atoms with E-state index in [1.165, 1.54) is 0 Å². The lowest BCUT2D eigenvalue weighted by Gasteiger charge is -2.20. The third kappa shape index (κ3) is 3.38. The lowest BCUT2D eigenvalue weighted by molar-refractivity contribution is 0.245. The number of para-hydroxylation sites is 2. The SMILES string of the molecule is COc1ccccc1NC(=O)NC1CCCC1CN. The van der Waals surface area contributed by atoms with E-state index in [4.69, 9.17) is 10.5 Å². The molecule has 0 aliphatic heterocycles. The lowest BCUT2D eigenvalue weighted by Crippen LogP contribution is -2.42. The number of carbonyl (C=O) groups is 1. The summed E-state index contributed by atoms with van der Waals surface area (Å²) in [5.74, 6) is 1.04. The van der Waals surface area contributed by atoms with Crippen LogP contribution in [-0.2, 0) is 0 Å². The van der Waals surface area contributed by atoms with Crippen molar-refractivity contribution in [2.45, 2.75) is 25.3 Å². The molecule has 1 aromatic rings. The Kier molecular flexibility index (Phi) is 4.63. The number of benzene rings is 1. The van der Waals surface area contributed by atoms with Gasteiger partial charge in [0.25, 0.3) is 0 Å². The summed E-state index contributed by atoms with van der Waals surface area (Å²) in [7, 11) is 1.58. The van der Waals surface area contributed by atoms with Crippen LogP contribution < -0.4 is 21.1 Å². The molecule has 0 radical (unpaired) electrons. The van der Waals surface area contributed by atoms with Crippen LogP contribution in [0.4, 0.5) is 10.5 Å². The summed E-state index contributed by atoms with van der Waals surface area (Å²) < 4.78 is 5.20. The second kappa shape index (κ2) is 6.43. The van der Waals surface area contributed by atoms with Gasteiger partial charge in [-0.3, -0.25) is 0 Å². The van der Waals surface area contributed by atoms with Crippen molar-refractivity contribution < 1.29 is 9.53 Å². The zero-order valence-electron chi connectivity index (χ0n) is 11.2. The minimum Gasteiger partial charge on any atom is -0.495 e. The van der Waals surface area contributed by atoms with E-state index in [9.17, 15) is 4.79 Å². The number of hydrogen-bond acceptors (Lipinski definition) is 3. The topological polar surface area (TPSA) is 76.4 Å². The molecule has 19 heavy (non-hydrogen) atoms. The maximum atomic E-state index is 12.0. The largest absolute Gasteiger partial charge is 0.495 e. The van der Waals surface area contributed by atoms with Crippen LogP contribution in [0.5, 0.6) is 5.75 Å². The van der Waals surface area contributed by atoms with Crippen molar-refractivity contribution >= 4 is 11.7 Å². The maximum absolute atomic E-state index is 12.0. The van der Waals surface area contributed by atoms with Gasteiger partial charge in [-0.05, 0) is 37.4 Å². The molecule has 1 aliphatic carbocycles. The summed E-state index contributed by atoms with van der Waals surface area (Å²) in [6.07, 6.45) is 3.22. The van der Waals surface area contributed by atoms with Gasteiger partial charge in [0.05, 0.1) is 12.8 Å². The molecule has 2 unspecified atom stereocenters. The van der Waals surface area contributed by atoms with Gasteiger partial charge in [-0.2, -0.15) is 0 Å². The van der Waals surface area contributed by atoms with Gasteiger partial charge in [-0.15, -0.1) is 0 Å². The van der Waals surface area contributed by atoms with Crippen LogP contribution in [0.3, 0.4) is 0 Å². The highest BCUT2D eigenvalue weighted by atomic mass is 16.5. The Labute approximate surface area is 113 Å². The number of anilines is 1. The van der Waals surface area contributed by atoms with Crippen LogP contribution in [0.1, 0.15) is 19.3 Å². The molecule has 1 aliphatic rings. The minimum atomic E-state index is -0.199. The normalized spacial score (nSPS) is 22.0. The Morgan fingerprint density at radius 3 is 2.95 bits per heavy atom. The number of urea groups is 1. The summed E-state index contributed by atoms with van der Waals surface area (Å²) >= 11 is 0. The number of ether oxygens (including phenoxy) is 1. The fourth-order valence-electron chi connectivity index (χ4n) is 2.58. The highest BCUT2D eigenvalue weighted by molar-refractivity contribution is 5.91. The Bertz CT molecular complexity index is 436. The smallest absolute Gasteiger partial charge is 0.319 e. The van der Waals surface area contributed by atoms with Crippen LogP contribution >= 0.6 is 0 Å². The number of amides is 2. The quantitative estimate of drug-likeness (QED) is 0.777. The first-order chi connectivity index (χ1) is 9.24. The van der Waals surface area contributed by atoms with E-state index in [-0.39, 0.29) is 12.1 Å². The standard InChI is InChI=1S/C14H21N3O2/c1-19-13-8-3-2-6-12(13)17-14(18)16-11-7-4-5-10(11)9-15/h2-3,6,8,10-11H,4-5,7,9,15H2,1H3,(H2,16,17,18). The number of methoxy groups -OCH3 is 1. The Morgan fingerprint density at radius 2 is 2.21 bits per heavy atom. The van der Waals surface area contributed by atoms with Gasteiger partial charge in [0.2, 0.25) is 0 Å². The zero-order chi connectivity index (χ0) is 13.7. The molecule has 4 N–H and O–H groups in total. The van der Waals surface area contributed by atoms with Gasteiger partial charge in [0.1, 0.15) is 5.75 Å². The van der Waals surface area contributed by atoms with Gasteiger partial charge in [-0.25, -0.2) is 4.79 Å². The van der Waals surface area contributed by atoms with Crippen LogP contribution in [0, 0.1) is 5.92 Å². The van der Waals surface area contributed by atoms with Crippen molar-refractivity contribution in [3.8, 4) is 5.75 Å². The molecule has 0 spiro atoms. The molecule has 2 amide bonds. The number of nitrogens with two attached hydrogens (primary N) is 1. The molecule has 104 valence electrons. The van der Waals surface area contributed by atoms with Crippen molar-refractivity contribution in [3.63, 3.8) is 0 Å². The van der Waals surface area contributed by atoms with Crippen molar-refractivity contribution in [3.05, 3.63) is 24.3 Å². The van der Waals surface area contributed by atoms with Crippen LogP contribution in [0.2, 0.25) is 0 Å². The molecule has 1 fully saturated rings. The molecule has 0 aromatic heterocycles. The van der Waals surface area contributed by atoms with Crippen molar-refractivity contribution in [1.82, 2.24) is 5.32 Å². The number of carbonyl (C=O) groups excluding carboxylic acids is 1. The second-order valence-corrected chi connectivity index (χ2v) is 4.83. The Balaban J connectivity index is 1.94. The van der Waals surface area contributed by atoms with E-state index < -0.39 is 0 Å². The Hall–Kier alpha value is -1.75. The summed E-state index contributed by atoms with van der Waals surface area (Å²) in [6.45, 7) is 0.625. The molecule has 0 saturated heterocycles. The number of nitrogens with one attached hydrogen (secondary N) is 2. The molecule has 2 atom stereocenters. The molecule has 2 rings (SSSR count). The fourth-order valence-corrected chi connectivity index (χ4v) is 2.58. The molecule has 5 nitrogen and oxygen atoms in total. The van der Waals surface area contributed by atoms with Gasteiger partial charge in [0.15, 0.2) is 0 Å². The second-order valence-electron chi connectivity index (χ2n) is 4.83. The maximum Gasteiger partial charge on any atom is 0.319 e. The third-order valence-electron chi connectivity index (χ3n) is 3.63. The molecule has 1 aromatic carbocycles. The van der Waals surface area contributed by atoms with Crippen molar-refractivity contribution in [2.24, 2.45) is 11.7 Å². The van der Waals surface area contributed by atoms with E-state index in [2.05, 4.69) is 10.6 Å². The minimum absolute atomic E-state index is 0.180. The van der Waals surface area contributed by atoms with E-state index in [0.29, 0.717) is 23.9 Å². The molecular formula is C14H21N3O2. The lowest BCUT2D eigenvalue weighted by atomic mass is 10.0. The van der Waals surface area contributed by atoms with Gasteiger partial charge in [0, 0.05) is 6.04 Å². The van der Waals surface area contributed by atoms with E-state index in [1.807, 2.05) is 24.3 Å². The first kappa shape index (κ1) is 13.7. The summed E-state index contributed by atoms with van der Waals surface area (Å²) in [6, 6.07) is 7.33. The van der Waals surface area contributed by atoms with Crippen LogP contribution in [0.25, 0.3) is 0 Å². The average Bonchev–Trinajstić information content (AvgIpc) is 2.86. The monoisotopic (exact) mass is 263 g/mol. The highest BCUT2D eigenvalue weighted by Crippen LogP contribution is 2.26.